The lowest BCUT2D eigenvalue weighted by Gasteiger charge is -2.27. The van der Waals surface area contributed by atoms with Gasteiger partial charge in [0, 0.05) is 17.7 Å². The highest BCUT2D eigenvalue weighted by Crippen LogP contribution is 2.44. The number of nitrogens with zero attached hydrogens (tertiary/aromatic N) is 2. The van der Waals surface area contributed by atoms with Gasteiger partial charge in [0.15, 0.2) is 0 Å². The zero-order chi connectivity index (χ0) is 26.6. The number of ketones is 1. The zero-order valence-corrected chi connectivity index (χ0v) is 22.1. The molecule has 0 spiro atoms. The largest absolute Gasteiger partial charge is 0.507 e. The van der Waals surface area contributed by atoms with E-state index in [0.29, 0.717) is 41.3 Å². The highest BCUT2D eigenvalue weighted by atomic mass is 16.5. The van der Waals surface area contributed by atoms with Crippen LogP contribution in [0, 0.1) is 6.92 Å². The highest BCUT2D eigenvalue weighted by Gasteiger charge is 2.47. The average Bonchev–Trinajstić information content (AvgIpc) is 3.07. The summed E-state index contributed by atoms with van der Waals surface area (Å²) >= 11 is 0. The van der Waals surface area contributed by atoms with Gasteiger partial charge >= 0.3 is 0 Å². The molecule has 0 aliphatic carbocycles. The van der Waals surface area contributed by atoms with Gasteiger partial charge in [-0.25, -0.2) is 0 Å². The Bertz CT molecular complexity index is 1150. The fourth-order valence-corrected chi connectivity index (χ4v) is 4.44. The monoisotopic (exact) mass is 496 g/mol. The number of amides is 1. The molecule has 1 N–H and O–H groups in total. The maximum absolute atomic E-state index is 13.4. The van der Waals surface area contributed by atoms with Crippen LogP contribution in [0.25, 0.3) is 5.76 Å². The number of methoxy groups -OCH3 is 2. The molecule has 3 rings (SSSR count). The van der Waals surface area contributed by atoms with E-state index in [1.54, 1.807) is 37.4 Å². The first-order valence-corrected chi connectivity index (χ1v) is 12.0. The maximum atomic E-state index is 13.4. The smallest absolute Gasteiger partial charge is 0.295 e. The second kappa shape index (κ2) is 11.5. The van der Waals surface area contributed by atoms with Gasteiger partial charge < -0.3 is 29.1 Å². The van der Waals surface area contributed by atoms with Gasteiger partial charge in [0.05, 0.1) is 31.9 Å². The van der Waals surface area contributed by atoms with Crippen molar-refractivity contribution in [2.75, 3.05) is 41.4 Å². The van der Waals surface area contributed by atoms with Crippen LogP contribution in [0.1, 0.15) is 43.0 Å². The fourth-order valence-electron chi connectivity index (χ4n) is 4.44. The van der Waals surface area contributed by atoms with Crippen LogP contribution in [0.2, 0.25) is 0 Å². The van der Waals surface area contributed by atoms with E-state index < -0.39 is 17.7 Å². The summed E-state index contributed by atoms with van der Waals surface area (Å²) in [6.45, 7) is 6.77. The number of hydrogen-bond donors (Lipinski definition) is 1. The van der Waals surface area contributed by atoms with Crippen LogP contribution in [-0.2, 0) is 9.59 Å². The van der Waals surface area contributed by atoms with Crippen molar-refractivity contribution in [3.05, 3.63) is 58.7 Å². The lowest BCUT2D eigenvalue weighted by atomic mass is 9.93. The summed E-state index contributed by atoms with van der Waals surface area (Å²) in [7, 11) is 6.98. The minimum Gasteiger partial charge on any atom is -0.507 e. The molecule has 2 aromatic carbocycles. The number of benzene rings is 2. The number of aliphatic hydroxyl groups is 1. The molecule has 0 saturated carbocycles. The van der Waals surface area contributed by atoms with Crippen molar-refractivity contribution in [3.63, 3.8) is 0 Å². The Balaban J connectivity index is 2.19. The van der Waals surface area contributed by atoms with Crippen molar-refractivity contribution >= 4 is 17.4 Å². The maximum Gasteiger partial charge on any atom is 0.295 e. The molecule has 2 aromatic rings. The third kappa shape index (κ3) is 5.65. The summed E-state index contributed by atoms with van der Waals surface area (Å²) in [5.74, 6) is 0.0949. The van der Waals surface area contributed by atoms with Crippen LogP contribution < -0.4 is 14.2 Å². The Morgan fingerprint density at radius 1 is 1.06 bits per heavy atom. The van der Waals surface area contributed by atoms with Crippen LogP contribution in [0.4, 0.5) is 0 Å². The Morgan fingerprint density at radius 2 is 1.75 bits per heavy atom. The van der Waals surface area contributed by atoms with Crippen molar-refractivity contribution in [1.29, 1.82) is 0 Å². The predicted octanol–water partition coefficient (Wildman–Crippen LogP) is 4.17. The first kappa shape index (κ1) is 27.1. The molecule has 1 saturated heterocycles. The molecule has 8 heteroatoms. The summed E-state index contributed by atoms with van der Waals surface area (Å²) in [6, 6.07) is 9.66. The summed E-state index contributed by atoms with van der Waals surface area (Å²) in [5.41, 5.74) is 1.78. The van der Waals surface area contributed by atoms with Gasteiger partial charge in [-0.1, -0.05) is 0 Å². The molecule has 0 bridgehead atoms. The summed E-state index contributed by atoms with van der Waals surface area (Å²) < 4.78 is 16.8. The number of hydrogen-bond acceptors (Lipinski definition) is 7. The summed E-state index contributed by atoms with van der Waals surface area (Å²) in [5, 5.41) is 11.5. The second-order valence-corrected chi connectivity index (χ2v) is 9.40. The number of aliphatic hydroxyl groups excluding tert-OH is 1. The molecule has 8 nitrogen and oxygen atoms in total. The van der Waals surface area contributed by atoms with Crippen molar-refractivity contribution < 1.29 is 28.9 Å². The number of carbonyl (C=O) groups excluding carboxylic acids is 2. The van der Waals surface area contributed by atoms with Crippen LogP contribution in [-0.4, -0.2) is 74.1 Å². The molecule has 1 aliphatic rings. The highest BCUT2D eigenvalue weighted by molar-refractivity contribution is 6.46. The van der Waals surface area contributed by atoms with Gasteiger partial charge in [-0.3, -0.25) is 9.59 Å². The molecular weight excluding hydrogens is 460 g/mol. The van der Waals surface area contributed by atoms with Crippen molar-refractivity contribution in [3.8, 4) is 17.2 Å². The van der Waals surface area contributed by atoms with Gasteiger partial charge in [0.25, 0.3) is 11.7 Å². The van der Waals surface area contributed by atoms with Gasteiger partial charge in [0.2, 0.25) is 0 Å². The second-order valence-electron chi connectivity index (χ2n) is 9.40. The Kier molecular flexibility index (Phi) is 8.63. The molecule has 1 aliphatic heterocycles. The Morgan fingerprint density at radius 3 is 2.33 bits per heavy atom. The van der Waals surface area contributed by atoms with E-state index in [-0.39, 0.29) is 17.4 Å². The fraction of sp³-hybridized carbons (Fsp3) is 0.429. The molecule has 0 aromatic heterocycles. The van der Waals surface area contributed by atoms with Gasteiger partial charge in [-0.2, -0.15) is 0 Å². The molecule has 1 atom stereocenters. The summed E-state index contributed by atoms with van der Waals surface area (Å²) in [4.78, 5) is 30.2. The number of rotatable bonds is 10. The van der Waals surface area contributed by atoms with Gasteiger partial charge in [0.1, 0.15) is 23.0 Å². The lowest BCUT2D eigenvalue weighted by molar-refractivity contribution is -0.140. The molecular formula is C28H36N2O6. The SMILES string of the molecule is COc1ccc(OC)c([C@H]2C(=C(O)c3ccc(OC(C)C)cc3C)C(=O)C(=O)N2CCCN(C)C)c1. The molecule has 0 unspecified atom stereocenters. The third-order valence-corrected chi connectivity index (χ3v) is 6.10. The van der Waals surface area contributed by atoms with E-state index in [1.807, 2.05) is 45.8 Å². The molecule has 194 valence electrons. The third-order valence-electron chi connectivity index (χ3n) is 6.10. The first-order chi connectivity index (χ1) is 17.1. The standard InChI is InChI=1S/C28H36N2O6/c1-17(2)36-20-9-11-21(18(3)15-20)26(31)24-25(22-16-19(34-6)10-12-23(22)35-7)30(28(33)27(24)32)14-8-13-29(4)5/h9-12,15-17,25,31H,8,13-14H2,1-7H3/t25-/m0/s1. The first-order valence-electron chi connectivity index (χ1n) is 12.0. The molecule has 1 fully saturated rings. The lowest BCUT2D eigenvalue weighted by Crippen LogP contribution is -2.32. The minimum atomic E-state index is -0.830. The number of carbonyl (C=O) groups is 2. The van der Waals surface area contributed by atoms with E-state index in [4.69, 9.17) is 14.2 Å². The normalized spacial score (nSPS) is 17.2. The van der Waals surface area contributed by atoms with Gasteiger partial charge in [-0.05, 0) is 89.8 Å². The minimum absolute atomic E-state index is 0.00290. The number of ether oxygens (including phenoxy) is 3. The number of Topliss-reactive ketones (excluding diaryl/α,β-unsaturated/α-hetero) is 1. The van der Waals surface area contributed by atoms with E-state index in [2.05, 4.69) is 0 Å². The van der Waals surface area contributed by atoms with Crippen molar-refractivity contribution in [2.24, 2.45) is 0 Å². The molecule has 1 amide bonds. The quantitative estimate of drug-likeness (QED) is 0.300. The van der Waals surface area contributed by atoms with E-state index in [0.717, 1.165) is 12.1 Å². The summed E-state index contributed by atoms with van der Waals surface area (Å²) in [6.07, 6.45) is 0.653. The average molecular weight is 497 g/mol. The number of aryl methyl sites for hydroxylation is 1. The van der Waals surface area contributed by atoms with Crippen LogP contribution >= 0.6 is 0 Å². The van der Waals surface area contributed by atoms with Crippen molar-refractivity contribution in [2.45, 2.75) is 39.3 Å². The van der Waals surface area contributed by atoms with Crippen LogP contribution in [0.3, 0.4) is 0 Å². The number of likely N-dealkylation sites (tertiary alicyclic amines) is 1. The van der Waals surface area contributed by atoms with Crippen molar-refractivity contribution in [1.82, 2.24) is 9.80 Å². The molecule has 0 radical (unpaired) electrons. The van der Waals surface area contributed by atoms with Crippen LogP contribution in [0.5, 0.6) is 17.2 Å². The Hall–Kier alpha value is -3.52. The van der Waals surface area contributed by atoms with E-state index in [9.17, 15) is 14.7 Å². The van der Waals surface area contributed by atoms with Gasteiger partial charge in [-0.15, -0.1) is 0 Å². The van der Waals surface area contributed by atoms with Crippen LogP contribution in [0.15, 0.2) is 42.0 Å². The van der Waals surface area contributed by atoms with E-state index >= 15 is 0 Å². The van der Waals surface area contributed by atoms with E-state index in [1.165, 1.54) is 12.0 Å². The zero-order valence-electron chi connectivity index (χ0n) is 22.1. The molecule has 1 heterocycles. The predicted molar refractivity (Wildman–Crippen MR) is 139 cm³/mol. The Labute approximate surface area is 213 Å². The topological polar surface area (TPSA) is 88.5 Å². The molecule has 36 heavy (non-hydrogen) atoms.